The Hall–Kier alpha value is -3.05. The highest BCUT2D eigenvalue weighted by Gasteiger charge is 2.11. The Morgan fingerprint density at radius 3 is 2.54 bits per heavy atom. The SMILES string of the molecule is Cc1ccc(-c2nnc(N/N=C/c3cccs3)c3ccccc23)cc1C. The zero-order valence-electron chi connectivity index (χ0n) is 14.6. The standard InChI is InChI=1S/C21H18N4S/c1-14-9-10-16(12-15(14)2)20-18-7-3-4-8-19(18)21(25-23-20)24-22-13-17-6-5-11-26-17/h3-13H,1-2H3,(H,24,25)/b22-13+. The number of aromatic nitrogens is 2. The molecule has 0 aliphatic rings. The predicted molar refractivity (Wildman–Crippen MR) is 110 cm³/mol. The number of nitrogens with one attached hydrogen (secondary N) is 1. The van der Waals surface area contributed by atoms with Crippen LogP contribution < -0.4 is 5.43 Å². The van der Waals surface area contributed by atoms with Crippen molar-refractivity contribution >= 4 is 34.1 Å². The molecule has 128 valence electrons. The molecule has 0 aliphatic heterocycles. The topological polar surface area (TPSA) is 50.2 Å². The molecule has 4 nitrogen and oxygen atoms in total. The fourth-order valence-corrected chi connectivity index (χ4v) is 3.40. The normalized spacial score (nSPS) is 11.3. The summed E-state index contributed by atoms with van der Waals surface area (Å²) in [5, 5.41) is 17.2. The molecule has 0 amide bonds. The predicted octanol–water partition coefficient (Wildman–Crippen LogP) is 5.42. The van der Waals surface area contributed by atoms with Gasteiger partial charge in [-0.1, -0.05) is 42.5 Å². The molecule has 0 radical (unpaired) electrons. The van der Waals surface area contributed by atoms with E-state index in [0.717, 1.165) is 26.9 Å². The van der Waals surface area contributed by atoms with E-state index in [2.05, 4.69) is 58.8 Å². The lowest BCUT2D eigenvalue weighted by Gasteiger charge is -2.10. The molecule has 26 heavy (non-hydrogen) atoms. The molecule has 4 rings (SSSR count). The van der Waals surface area contributed by atoms with Gasteiger partial charge in [-0.15, -0.1) is 21.5 Å². The van der Waals surface area contributed by atoms with Crippen LogP contribution in [0.5, 0.6) is 0 Å². The van der Waals surface area contributed by atoms with Crippen molar-refractivity contribution in [1.29, 1.82) is 0 Å². The number of hydrazone groups is 1. The first-order valence-corrected chi connectivity index (χ1v) is 9.26. The van der Waals surface area contributed by atoms with E-state index in [1.54, 1.807) is 17.6 Å². The molecular formula is C21H18N4S. The third-order valence-corrected chi connectivity index (χ3v) is 5.18. The van der Waals surface area contributed by atoms with Crippen molar-refractivity contribution in [2.45, 2.75) is 13.8 Å². The van der Waals surface area contributed by atoms with Crippen LogP contribution in [0.3, 0.4) is 0 Å². The van der Waals surface area contributed by atoms with Gasteiger partial charge in [0.2, 0.25) is 0 Å². The third-order valence-electron chi connectivity index (χ3n) is 4.37. The summed E-state index contributed by atoms with van der Waals surface area (Å²) in [5.74, 6) is 0.654. The monoisotopic (exact) mass is 358 g/mol. The van der Waals surface area contributed by atoms with Crippen molar-refractivity contribution in [3.63, 3.8) is 0 Å². The van der Waals surface area contributed by atoms with Crippen LogP contribution in [0.25, 0.3) is 22.0 Å². The Balaban J connectivity index is 1.74. The van der Waals surface area contributed by atoms with E-state index < -0.39 is 0 Å². The van der Waals surface area contributed by atoms with Gasteiger partial charge in [0.15, 0.2) is 5.82 Å². The quantitative estimate of drug-likeness (QED) is 0.391. The molecule has 5 heteroatoms. The molecule has 0 aliphatic carbocycles. The molecule has 0 saturated heterocycles. The summed E-state index contributed by atoms with van der Waals surface area (Å²) in [7, 11) is 0. The molecule has 0 bridgehead atoms. The Labute approximate surface area is 156 Å². The minimum Gasteiger partial charge on any atom is -0.259 e. The number of nitrogens with zero attached hydrogens (tertiary/aromatic N) is 3. The molecular weight excluding hydrogens is 340 g/mol. The highest BCUT2D eigenvalue weighted by Crippen LogP contribution is 2.30. The Kier molecular flexibility index (Phi) is 4.46. The molecule has 0 saturated carbocycles. The van der Waals surface area contributed by atoms with E-state index in [9.17, 15) is 0 Å². The second-order valence-electron chi connectivity index (χ2n) is 6.13. The number of aryl methyl sites for hydroxylation is 2. The first kappa shape index (κ1) is 16.4. The fraction of sp³-hybridized carbons (Fsp3) is 0.0952. The largest absolute Gasteiger partial charge is 0.259 e. The van der Waals surface area contributed by atoms with Gasteiger partial charge in [0.25, 0.3) is 0 Å². The van der Waals surface area contributed by atoms with Crippen LogP contribution in [0, 0.1) is 13.8 Å². The van der Waals surface area contributed by atoms with Gasteiger partial charge in [-0.05, 0) is 42.5 Å². The molecule has 0 unspecified atom stereocenters. The van der Waals surface area contributed by atoms with Gasteiger partial charge in [-0.25, -0.2) is 0 Å². The average Bonchev–Trinajstić information content (AvgIpc) is 3.18. The first-order chi connectivity index (χ1) is 12.7. The van der Waals surface area contributed by atoms with Crippen molar-refractivity contribution in [2.75, 3.05) is 5.43 Å². The summed E-state index contributed by atoms with van der Waals surface area (Å²) in [6.07, 6.45) is 1.79. The number of fused-ring (bicyclic) bond motifs is 1. The van der Waals surface area contributed by atoms with Crippen LogP contribution in [-0.4, -0.2) is 16.4 Å². The van der Waals surface area contributed by atoms with Crippen molar-refractivity contribution in [2.24, 2.45) is 5.10 Å². The van der Waals surface area contributed by atoms with E-state index >= 15 is 0 Å². The van der Waals surface area contributed by atoms with Gasteiger partial charge in [-0.2, -0.15) is 5.10 Å². The molecule has 0 atom stereocenters. The van der Waals surface area contributed by atoms with Gasteiger partial charge < -0.3 is 0 Å². The summed E-state index contributed by atoms with van der Waals surface area (Å²) in [6, 6.07) is 18.5. The molecule has 4 aromatic rings. The van der Waals surface area contributed by atoms with Crippen LogP contribution in [0.2, 0.25) is 0 Å². The van der Waals surface area contributed by atoms with Crippen LogP contribution in [0.1, 0.15) is 16.0 Å². The lowest BCUT2D eigenvalue weighted by atomic mass is 10.0. The maximum Gasteiger partial charge on any atom is 0.176 e. The minimum absolute atomic E-state index is 0.654. The van der Waals surface area contributed by atoms with Crippen molar-refractivity contribution < 1.29 is 0 Å². The number of anilines is 1. The smallest absolute Gasteiger partial charge is 0.176 e. The maximum absolute atomic E-state index is 4.48. The maximum atomic E-state index is 4.48. The van der Waals surface area contributed by atoms with E-state index in [1.807, 2.05) is 35.7 Å². The number of hydrogen-bond donors (Lipinski definition) is 1. The lowest BCUT2D eigenvalue weighted by molar-refractivity contribution is 1.04. The van der Waals surface area contributed by atoms with E-state index in [1.165, 1.54) is 11.1 Å². The number of benzene rings is 2. The average molecular weight is 358 g/mol. The number of rotatable bonds is 4. The van der Waals surface area contributed by atoms with Crippen molar-refractivity contribution in [3.05, 3.63) is 76.0 Å². The molecule has 2 aromatic heterocycles. The van der Waals surface area contributed by atoms with Crippen LogP contribution in [0.15, 0.2) is 65.1 Å². The minimum atomic E-state index is 0.654. The zero-order chi connectivity index (χ0) is 17.9. The van der Waals surface area contributed by atoms with E-state index in [0.29, 0.717) is 5.82 Å². The highest BCUT2D eigenvalue weighted by molar-refractivity contribution is 7.11. The van der Waals surface area contributed by atoms with Gasteiger partial charge in [0, 0.05) is 21.2 Å². The first-order valence-electron chi connectivity index (χ1n) is 8.38. The summed E-state index contributed by atoms with van der Waals surface area (Å²) >= 11 is 1.64. The molecule has 0 fully saturated rings. The van der Waals surface area contributed by atoms with Crippen LogP contribution in [0.4, 0.5) is 5.82 Å². The molecule has 1 N–H and O–H groups in total. The van der Waals surface area contributed by atoms with Crippen LogP contribution in [-0.2, 0) is 0 Å². The molecule has 2 aromatic carbocycles. The Morgan fingerprint density at radius 2 is 1.77 bits per heavy atom. The zero-order valence-corrected chi connectivity index (χ0v) is 15.4. The summed E-state index contributed by atoms with van der Waals surface area (Å²) in [4.78, 5) is 1.08. The summed E-state index contributed by atoms with van der Waals surface area (Å²) < 4.78 is 0. The molecule has 2 heterocycles. The second kappa shape index (κ2) is 7.06. The number of thiophene rings is 1. The van der Waals surface area contributed by atoms with Gasteiger partial charge in [-0.3, -0.25) is 5.43 Å². The van der Waals surface area contributed by atoms with Crippen molar-refractivity contribution in [1.82, 2.24) is 10.2 Å². The van der Waals surface area contributed by atoms with Gasteiger partial charge in [0.05, 0.1) is 6.21 Å². The Morgan fingerprint density at radius 1 is 0.923 bits per heavy atom. The lowest BCUT2D eigenvalue weighted by Crippen LogP contribution is -1.99. The highest BCUT2D eigenvalue weighted by atomic mass is 32.1. The van der Waals surface area contributed by atoms with Crippen LogP contribution >= 0.6 is 11.3 Å². The van der Waals surface area contributed by atoms with E-state index in [-0.39, 0.29) is 0 Å². The fourth-order valence-electron chi connectivity index (χ4n) is 2.81. The third kappa shape index (κ3) is 3.21. The van der Waals surface area contributed by atoms with Crippen molar-refractivity contribution in [3.8, 4) is 11.3 Å². The van der Waals surface area contributed by atoms with Gasteiger partial charge >= 0.3 is 0 Å². The summed E-state index contributed by atoms with van der Waals surface area (Å²) in [6.45, 7) is 4.23. The summed E-state index contributed by atoms with van der Waals surface area (Å²) in [5.41, 5.74) is 7.50. The Bertz CT molecular complexity index is 1080. The van der Waals surface area contributed by atoms with Gasteiger partial charge in [0.1, 0.15) is 5.69 Å². The molecule has 0 spiro atoms. The van der Waals surface area contributed by atoms with E-state index in [4.69, 9.17) is 0 Å². The second-order valence-corrected chi connectivity index (χ2v) is 7.11. The number of hydrogen-bond acceptors (Lipinski definition) is 5.